The quantitative estimate of drug-likeness (QED) is 0.177. The summed E-state index contributed by atoms with van der Waals surface area (Å²) < 4.78 is 16.6. The maximum Gasteiger partial charge on any atom is 0.287 e. The van der Waals surface area contributed by atoms with Crippen LogP contribution in [0.3, 0.4) is 0 Å². The highest BCUT2D eigenvalue weighted by Crippen LogP contribution is 2.33. The molecule has 1 aromatic carbocycles. The van der Waals surface area contributed by atoms with Gasteiger partial charge in [-0.2, -0.15) is 10.2 Å². The molecular weight excluding hydrogens is 560 g/mol. The summed E-state index contributed by atoms with van der Waals surface area (Å²) in [6.07, 6.45) is 7.52. The number of hydrogen-bond donors (Lipinski definition) is 5. The minimum absolute atomic E-state index is 0.0302. The van der Waals surface area contributed by atoms with Crippen molar-refractivity contribution in [3.05, 3.63) is 86.5 Å². The number of hydrogen-bond acceptors (Lipinski definition) is 9. The lowest BCUT2D eigenvalue weighted by atomic mass is 10.0. The molecule has 3 aromatic rings. The molecule has 2 aromatic heterocycles. The number of halogens is 1. The largest absolute Gasteiger partial charge is 0.361 e. The first-order valence-corrected chi connectivity index (χ1v) is 14.3. The van der Waals surface area contributed by atoms with Crippen LogP contribution in [0, 0.1) is 12.7 Å². The van der Waals surface area contributed by atoms with Crippen LogP contribution in [0.1, 0.15) is 25.1 Å². The third-order valence-electron chi connectivity index (χ3n) is 6.72. The number of aromatic nitrogens is 4. The summed E-state index contributed by atoms with van der Waals surface area (Å²) in [6, 6.07) is 6.00. The van der Waals surface area contributed by atoms with Gasteiger partial charge in [0.05, 0.1) is 22.0 Å². The van der Waals surface area contributed by atoms with Crippen molar-refractivity contribution in [3.63, 3.8) is 0 Å². The number of allylic oxidation sites excluding steroid dienone is 4. The number of aliphatic hydroxyl groups is 2. The number of anilines is 3. The lowest BCUT2D eigenvalue weighted by Crippen LogP contribution is -2.46. The van der Waals surface area contributed by atoms with Crippen molar-refractivity contribution in [2.75, 3.05) is 23.4 Å². The van der Waals surface area contributed by atoms with Crippen molar-refractivity contribution < 1.29 is 19.4 Å². The second-order valence-corrected chi connectivity index (χ2v) is 10.9. The molecule has 0 radical (unpaired) electrons. The zero-order valence-corrected chi connectivity index (χ0v) is 24.8. The zero-order chi connectivity index (χ0) is 30.6. The zero-order valence-electron chi connectivity index (χ0n) is 24.0. The summed E-state index contributed by atoms with van der Waals surface area (Å²) in [4.78, 5) is 27.4. The van der Waals surface area contributed by atoms with Gasteiger partial charge in [0.1, 0.15) is 11.5 Å². The van der Waals surface area contributed by atoms with Gasteiger partial charge in [-0.15, -0.1) is 11.8 Å². The highest BCUT2D eigenvalue weighted by Gasteiger charge is 2.24. The summed E-state index contributed by atoms with van der Waals surface area (Å²) in [7, 11) is 2.82. The Morgan fingerprint density at radius 1 is 1.36 bits per heavy atom. The van der Waals surface area contributed by atoms with Gasteiger partial charge in [0.15, 0.2) is 19.5 Å². The van der Waals surface area contributed by atoms with Gasteiger partial charge in [-0.25, -0.2) is 9.49 Å². The SMILES string of the molecule is BC(O)(O)N(C)Cc1cc(Nc2cc(-c3ccc(F)c(NC(=O)C4=C/C(=C/C=C\C)CS4)c3C)n[nH]c2=O)nn1CC. The van der Waals surface area contributed by atoms with Crippen LogP contribution >= 0.6 is 11.8 Å². The fourth-order valence-corrected chi connectivity index (χ4v) is 5.15. The molecule has 1 aliphatic heterocycles. The molecule has 1 aliphatic rings. The second kappa shape index (κ2) is 12.9. The fraction of sp³-hybridized carbons (Fsp3) is 0.286. The lowest BCUT2D eigenvalue weighted by molar-refractivity contribution is -0.191. The summed E-state index contributed by atoms with van der Waals surface area (Å²) in [5.74, 6) is -1.99. The molecule has 14 heteroatoms. The average Bonchev–Trinajstić information content (AvgIpc) is 3.57. The van der Waals surface area contributed by atoms with Crippen LogP contribution in [0.4, 0.5) is 21.6 Å². The number of aromatic amines is 1. The van der Waals surface area contributed by atoms with Crippen molar-refractivity contribution in [3.8, 4) is 11.3 Å². The minimum atomic E-state index is -2.02. The van der Waals surface area contributed by atoms with Gasteiger partial charge in [-0.05, 0) is 63.2 Å². The monoisotopic (exact) mass is 593 g/mol. The molecule has 42 heavy (non-hydrogen) atoms. The van der Waals surface area contributed by atoms with E-state index in [1.165, 1.54) is 42.7 Å². The Kier molecular flexibility index (Phi) is 9.51. The van der Waals surface area contributed by atoms with E-state index in [4.69, 9.17) is 0 Å². The Hall–Kier alpha value is -3.98. The molecule has 5 N–H and O–H groups in total. The number of carbonyl (C=O) groups is 1. The van der Waals surface area contributed by atoms with Crippen LogP contribution in [0.5, 0.6) is 0 Å². The molecule has 0 fully saturated rings. The molecule has 0 saturated carbocycles. The lowest BCUT2D eigenvalue weighted by Gasteiger charge is -2.28. The number of thioether (sulfide) groups is 1. The molecule has 1 amide bonds. The van der Waals surface area contributed by atoms with Crippen LogP contribution in [-0.4, -0.2) is 67.5 Å². The van der Waals surface area contributed by atoms with Gasteiger partial charge in [-0.3, -0.25) is 19.2 Å². The summed E-state index contributed by atoms with van der Waals surface area (Å²) in [6.45, 7) is 6.18. The highest BCUT2D eigenvalue weighted by molar-refractivity contribution is 8.04. The van der Waals surface area contributed by atoms with Crippen LogP contribution in [0.15, 0.2) is 63.8 Å². The molecule has 11 nitrogen and oxygen atoms in total. The number of nitrogens with zero attached hydrogens (tertiary/aromatic N) is 4. The Labute approximate surface area is 247 Å². The van der Waals surface area contributed by atoms with Gasteiger partial charge >= 0.3 is 0 Å². The van der Waals surface area contributed by atoms with E-state index in [0.29, 0.717) is 45.5 Å². The number of rotatable bonds is 10. The third-order valence-corrected chi connectivity index (χ3v) is 7.81. The van der Waals surface area contributed by atoms with E-state index in [1.54, 1.807) is 30.8 Å². The predicted octanol–water partition coefficient (Wildman–Crippen LogP) is 2.58. The van der Waals surface area contributed by atoms with Crippen molar-refractivity contribution >= 4 is 42.7 Å². The van der Waals surface area contributed by atoms with E-state index >= 15 is 0 Å². The molecule has 0 bridgehead atoms. The topological polar surface area (TPSA) is 148 Å². The number of carbonyl (C=O) groups excluding carboxylic acids is 1. The van der Waals surface area contributed by atoms with Gasteiger partial charge in [0.25, 0.3) is 11.5 Å². The molecule has 0 aliphatic carbocycles. The Bertz CT molecular complexity index is 1640. The van der Waals surface area contributed by atoms with Crippen LogP contribution in [0.2, 0.25) is 0 Å². The Balaban J connectivity index is 1.60. The molecule has 0 spiro atoms. The Morgan fingerprint density at radius 3 is 2.81 bits per heavy atom. The van der Waals surface area contributed by atoms with Gasteiger partial charge < -0.3 is 20.8 Å². The van der Waals surface area contributed by atoms with Gasteiger partial charge in [0, 0.05) is 30.5 Å². The standard InChI is InChI=1S/C28H33BFN7O4S/c1-5-7-8-17-11-23(42-15-17)27(39)32-25-16(3)19(9-10-20(25)30)21-13-22(26(38)34-33-21)31-24-12-18(37(6-2)35-24)14-36(4)28(29,40)41/h5,7-13,40-41H,6,14-15,29H2,1-4H3,(H,32,39)(H,34,38)(H,31,33,35)/b7-5-,17-8-. The van der Waals surface area contributed by atoms with Crippen molar-refractivity contribution in [1.29, 1.82) is 0 Å². The van der Waals surface area contributed by atoms with E-state index in [-0.39, 0.29) is 17.9 Å². The van der Waals surface area contributed by atoms with E-state index in [2.05, 4.69) is 25.9 Å². The maximum atomic E-state index is 14.9. The van der Waals surface area contributed by atoms with Crippen LogP contribution in [-0.2, 0) is 17.9 Å². The molecule has 220 valence electrons. The smallest absolute Gasteiger partial charge is 0.287 e. The summed E-state index contributed by atoms with van der Waals surface area (Å²) >= 11 is 1.38. The minimum Gasteiger partial charge on any atom is -0.361 e. The maximum absolute atomic E-state index is 14.9. The summed E-state index contributed by atoms with van der Waals surface area (Å²) in [5, 5.41) is 36.5. The molecular formula is C28H33BFN7O4S. The third kappa shape index (κ3) is 7.08. The first-order chi connectivity index (χ1) is 19.9. The number of nitrogens with one attached hydrogen (secondary N) is 3. The molecule has 3 heterocycles. The number of H-pyrrole nitrogens is 1. The fourth-order valence-electron chi connectivity index (χ4n) is 4.23. The normalized spacial score (nSPS) is 14.7. The molecule has 0 unspecified atom stereocenters. The van der Waals surface area contributed by atoms with Crippen LogP contribution in [0.25, 0.3) is 11.3 Å². The van der Waals surface area contributed by atoms with E-state index in [1.807, 2.05) is 32.1 Å². The number of aryl methyl sites for hydroxylation is 1. The first-order valence-electron chi connectivity index (χ1n) is 13.3. The summed E-state index contributed by atoms with van der Waals surface area (Å²) in [5.41, 5.74) is 2.68. The highest BCUT2D eigenvalue weighted by atomic mass is 32.2. The van der Waals surface area contributed by atoms with E-state index in [0.717, 1.165) is 5.57 Å². The molecule has 0 atom stereocenters. The van der Waals surface area contributed by atoms with Gasteiger partial charge in [0.2, 0.25) is 0 Å². The predicted molar refractivity (Wildman–Crippen MR) is 165 cm³/mol. The van der Waals surface area contributed by atoms with E-state index < -0.39 is 23.1 Å². The van der Waals surface area contributed by atoms with Crippen molar-refractivity contribution in [2.24, 2.45) is 0 Å². The first kappa shape index (κ1) is 31.0. The molecule has 0 saturated heterocycles. The molecule has 4 rings (SSSR count). The Morgan fingerprint density at radius 2 is 2.12 bits per heavy atom. The number of amides is 1. The van der Waals surface area contributed by atoms with Crippen molar-refractivity contribution in [1.82, 2.24) is 24.9 Å². The van der Waals surface area contributed by atoms with E-state index in [9.17, 15) is 24.2 Å². The van der Waals surface area contributed by atoms with Gasteiger partial charge in [-0.1, -0.05) is 18.2 Å². The number of benzene rings is 1. The average molecular weight is 593 g/mol. The van der Waals surface area contributed by atoms with Crippen LogP contribution < -0.4 is 16.2 Å². The second-order valence-electron chi connectivity index (χ2n) is 9.90. The van der Waals surface area contributed by atoms with Crippen molar-refractivity contribution in [2.45, 2.75) is 39.7 Å².